The van der Waals surface area contributed by atoms with Crippen molar-refractivity contribution in [3.8, 4) is 11.4 Å². The van der Waals surface area contributed by atoms with Crippen LogP contribution in [0, 0.1) is 0 Å². The molecule has 2 aromatic heterocycles. The smallest absolute Gasteiger partial charge is 0.161 e. The molecular formula is C18H20N4O3S. The number of benzene rings is 1. The zero-order valence-corrected chi connectivity index (χ0v) is 15.0. The number of nitrogens with zero attached hydrogens (tertiary/aromatic N) is 2. The van der Waals surface area contributed by atoms with E-state index in [4.69, 9.17) is 10.5 Å². The number of fused-ring (bicyclic) bond motifs is 1. The number of sulfone groups is 1. The van der Waals surface area contributed by atoms with Gasteiger partial charge < -0.3 is 15.5 Å². The molecule has 1 atom stereocenters. The normalized spacial score (nSPS) is 17.8. The van der Waals surface area contributed by atoms with Crippen LogP contribution in [0.1, 0.15) is 18.5 Å². The number of aromatic nitrogens is 3. The highest BCUT2D eigenvalue weighted by Crippen LogP contribution is 2.23. The van der Waals surface area contributed by atoms with Crippen LogP contribution in [0.5, 0.6) is 0 Å². The summed E-state index contributed by atoms with van der Waals surface area (Å²) in [6.45, 7) is 0.631. The lowest BCUT2D eigenvalue weighted by atomic mass is 10.1. The molecule has 4 rings (SSSR count). The van der Waals surface area contributed by atoms with Gasteiger partial charge in [0.15, 0.2) is 15.7 Å². The van der Waals surface area contributed by atoms with Crippen molar-refractivity contribution in [2.75, 3.05) is 18.1 Å². The predicted molar refractivity (Wildman–Crippen MR) is 100 cm³/mol. The topological polar surface area (TPSA) is 111 Å². The Morgan fingerprint density at radius 2 is 2.12 bits per heavy atom. The molecule has 0 radical (unpaired) electrons. The molecule has 3 N–H and O–H groups in total. The van der Waals surface area contributed by atoms with Gasteiger partial charge in [-0.15, -0.1) is 0 Å². The highest BCUT2D eigenvalue weighted by atomic mass is 32.2. The summed E-state index contributed by atoms with van der Waals surface area (Å²) in [5, 5.41) is 1.03. The van der Waals surface area contributed by atoms with Crippen molar-refractivity contribution in [2.45, 2.75) is 24.7 Å². The Balaban J connectivity index is 1.61. The number of rotatable bonds is 5. The van der Waals surface area contributed by atoms with Crippen molar-refractivity contribution >= 4 is 26.6 Å². The van der Waals surface area contributed by atoms with Crippen molar-refractivity contribution in [2.24, 2.45) is 0 Å². The van der Waals surface area contributed by atoms with Gasteiger partial charge in [-0.1, -0.05) is 0 Å². The Hall–Kier alpha value is -2.45. The molecule has 1 saturated heterocycles. The maximum absolute atomic E-state index is 12.5. The molecule has 3 heterocycles. The third kappa shape index (κ3) is 3.71. The second-order valence-corrected chi connectivity index (χ2v) is 8.69. The maximum atomic E-state index is 12.5. The molecule has 0 amide bonds. The van der Waals surface area contributed by atoms with Crippen LogP contribution in [-0.2, 0) is 20.3 Å². The van der Waals surface area contributed by atoms with E-state index in [1.807, 2.05) is 30.5 Å². The Morgan fingerprint density at radius 1 is 1.23 bits per heavy atom. The Labute approximate surface area is 151 Å². The van der Waals surface area contributed by atoms with E-state index in [9.17, 15) is 8.42 Å². The minimum absolute atomic E-state index is 0.0154. The molecule has 0 aliphatic carbocycles. The van der Waals surface area contributed by atoms with E-state index in [1.165, 1.54) is 6.07 Å². The Kier molecular flexibility index (Phi) is 4.37. The highest BCUT2D eigenvalue weighted by molar-refractivity contribution is 7.90. The summed E-state index contributed by atoms with van der Waals surface area (Å²) in [4.78, 5) is 11.8. The predicted octanol–water partition coefficient (Wildman–Crippen LogP) is 2.30. The number of ether oxygens (including phenoxy) is 1. The fourth-order valence-corrected chi connectivity index (χ4v) is 4.80. The molecule has 1 aliphatic heterocycles. The van der Waals surface area contributed by atoms with Crippen molar-refractivity contribution in [3.63, 3.8) is 0 Å². The quantitative estimate of drug-likeness (QED) is 0.711. The Morgan fingerprint density at radius 3 is 2.92 bits per heavy atom. The van der Waals surface area contributed by atoms with E-state index in [2.05, 4.69) is 15.0 Å². The molecule has 8 heteroatoms. The standard InChI is InChI=1S/C18H20N4O3S/c19-17-9-14(10-26(23,24)11-15-2-1-7-25-15)21-18(22-17)13-3-4-16-12(8-13)5-6-20-16/h3-6,8-9,15,20H,1-2,7,10-11H2,(H2,19,21,22). The average Bonchev–Trinajstić information content (AvgIpc) is 3.23. The number of aromatic amines is 1. The third-order valence-corrected chi connectivity index (χ3v) is 6.06. The number of nitrogens with one attached hydrogen (secondary N) is 1. The fraction of sp³-hybridized carbons (Fsp3) is 0.333. The summed E-state index contributed by atoms with van der Waals surface area (Å²) in [5.74, 6) is 0.530. The first kappa shape index (κ1) is 17.0. The number of hydrogen-bond donors (Lipinski definition) is 2. The first-order valence-electron chi connectivity index (χ1n) is 8.51. The monoisotopic (exact) mass is 372 g/mol. The van der Waals surface area contributed by atoms with Crippen LogP contribution >= 0.6 is 0 Å². The lowest BCUT2D eigenvalue weighted by Crippen LogP contribution is -2.22. The number of hydrogen-bond acceptors (Lipinski definition) is 6. The zero-order chi connectivity index (χ0) is 18.1. The third-order valence-electron chi connectivity index (χ3n) is 4.44. The van der Waals surface area contributed by atoms with E-state index in [1.54, 1.807) is 0 Å². The van der Waals surface area contributed by atoms with E-state index >= 15 is 0 Å². The minimum Gasteiger partial charge on any atom is -0.384 e. The van der Waals surface area contributed by atoms with Gasteiger partial charge in [0, 0.05) is 35.3 Å². The summed E-state index contributed by atoms with van der Waals surface area (Å²) in [6.07, 6.45) is 3.34. The SMILES string of the molecule is Nc1cc(CS(=O)(=O)CC2CCCO2)nc(-c2ccc3[nH]ccc3c2)n1. The van der Waals surface area contributed by atoms with Crippen LogP contribution in [0.2, 0.25) is 0 Å². The summed E-state index contributed by atoms with van der Waals surface area (Å²) >= 11 is 0. The lowest BCUT2D eigenvalue weighted by Gasteiger charge is -2.11. The minimum atomic E-state index is -3.34. The molecule has 1 aliphatic rings. The van der Waals surface area contributed by atoms with Gasteiger partial charge in [-0.2, -0.15) is 0 Å². The van der Waals surface area contributed by atoms with E-state index in [0.29, 0.717) is 18.1 Å². The molecule has 1 aromatic carbocycles. The Bertz CT molecular complexity index is 1040. The second kappa shape index (κ2) is 6.69. The van der Waals surface area contributed by atoms with E-state index in [0.717, 1.165) is 29.3 Å². The summed E-state index contributed by atoms with van der Waals surface area (Å²) in [5.41, 5.74) is 8.10. The summed E-state index contributed by atoms with van der Waals surface area (Å²) < 4.78 is 30.4. The van der Waals surface area contributed by atoms with Crippen molar-refractivity contribution < 1.29 is 13.2 Å². The first-order chi connectivity index (χ1) is 12.5. The van der Waals surface area contributed by atoms with Gasteiger partial charge in [-0.05, 0) is 37.1 Å². The van der Waals surface area contributed by atoms with Crippen LogP contribution in [-0.4, -0.2) is 41.8 Å². The van der Waals surface area contributed by atoms with Gasteiger partial charge in [-0.25, -0.2) is 18.4 Å². The average molecular weight is 372 g/mol. The molecule has 1 unspecified atom stereocenters. The number of H-pyrrole nitrogens is 1. The van der Waals surface area contributed by atoms with Gasteiger partial charge in [-0.3, -0.25) is 0 Å². The zero-order valence-electron chi connectivity index (χ0n) is 14.2. The molecular weight excluding hydrogens is 352 g/mol. The molecule has 0 bridgehead atoms. The van der Waals surface area contributed by atoms with Crippen LogP contribution in [0.25, 0.3) is 22.3 Å². The van der Waals surface area contributed by atoms with E-state index in [-0.39, 0.29) is 23.4 Å². The molecule has 136 valence electrons. The molecule has 7 nitrogen and oxygen atoms in total. The van der Waals surface area contributed by atoms with Crippen LogP contribution in [0.15, 0.2) is 36.5 Å². The van der Waals surface area contributed by atoms with Crippen molar-refractivity contribution in [1.82, 2.24) is 15.0 Å². The summed E-state index contributed by atoms with van der Waals surface area (Å²) in [7, 11) is -3.34. The lowest BCUT2D eigenvalue weighted by molar-refractivity contribution is 0.127. The van der Waals surface area contributed by atoms with Crippen LogP contribution < -0.4 is 5.73 Å². The number of nitrogen functional groups attached to an aromatic ring is 1. The van der Waals surface area contributed by atoms with Crippen molar-refractivity contribution in [1.29, 1.82) is 0 Å². The van der Waals surface area contributed by atoms with Gasteiger partial charge in [0.2, 0.25) is 0 Å². The maximum Gasteiger partial charge on any atom is 0.161 e. The highest BCUT2D eigenvalue weighted by Gasteiger charge is 2.24. The molecule has 26 heavy (non-hydrogen) atoms. The van der Waals surface area contributed by atoms with Gasteiger partial charge in [0.1, 0.15) is 5.82 Å². The van der Waals surface area contributed by atoms with Gasteiger partial charge >= 0.3 is 0 Å². The molecule has 0 spiro atoms. The first-order valence-corrected chi connectivity index (χ1v) is 10.3. The van der Waals surface area contributed by atoms with Gasteiger partial charge in [0.05, 0.1) is 23.3 Å². The fourth-order valence-electron chi connectivity index (χ4n) is 3.26. The molecule has 0 saturated carbocycles. The van der Waals surface area contributed by atoms with Crippen LogP contribution in [0.3, 0.4) is 0 Å². The van der Waals surface area contributed by atoms with Gasteiger partial charge in [0.25, 0.3) is 0 Å². The largest absolute Gasteiger partial charge is 0.384 e. The molecule has 3 aromatic rings. The second-order valence-electron chi connectivity index (χ2n) is 6.58. The van der Waals surface area contributed by atoms with E-state index < -0.39 is 9.84 Å². The summed E-state index contributed by atoms with van der Waals surface area (Å²) in [6, 6.07) is 9.25. The van der Waals surface area contributed by atoms with Crippen molar-refractivity contribution in [3.05, 3.63) is 42.2 Å². The van der Waals surface area contributed by atoms with Crippen LogP contribution in [0.4, 0.5) is 5.82 Å². The number of anilines is 1. The molecule has 1 fully saturated rings. The number of nitrogens with two attached hydrogens (primary N) is 1.